The molecule has 0 bridgehead atoms. The van der Waals surface area contributed by atoms with Crippen molar-refractivity contribution in [3.05, 3.63) is 35.1 Å². The molecule has 1 aromatic rings. The van der Waals surface area contributed by atoms with Crippen molar-refractivity contribution < 1.29 is 14.0 Å². The lowest BCUT2D eigenvalue weighted by molar-refractivity contribution is -0.150. The summed E-state index contributed by atoms with van der Waals surface area (Å²) in [7, 11) is 0. The molecule has 2 amide bonds. The maximum Gasteiger partial charge on any atom is 0.229 e. The number of hydrogen-bond donors (Lipinski definition) is 1. The first kappa shape index (κ1) is 13.7. The zero-order valence-corrected chi connectivity index (χ0v) is 10.9. The summed E-state index contributed by atoms with van der Waals surface area (Å²) in [6.07, 6.45) is 0.674. The molecule has 1 aliphatic heterocycles. The molecule has 0 saturated carbocycles. The molecule has 0 radical (unpaired) electrons. The molecule has 0 atom stereocenters. The lowest BCUT2D eigenvalue weighted by atomic mass is 9.97. The first-order valence-corrected chi connectivity index (χ1v) is 6.32. The third-order valence-electron chi connectivity index (χ3n) is 3.36. The zero-order valence-electron chi connectivity index (χ0n) is 10.9. The highest BCUT2D eigenvalue weighted by atomic mass is 19.1. The van der Waals surface area contributed by atoms with Crippen LogP contribution in [0.15, 0.2) is 18.2 Å². The van der Waals surface area contributed by atoms with Crippen LogP contribution in [0.25, 0.3) is 0 Å². The van der Waals surface area contributed by atoms with Gasteiger partial charge in [0.05, 0.1) is 6.54 Å². The van der Waals surface area contributed by atoms with Crippen molar-refractivity contribution in [1.82, 2.24) is 4.90 Å². The van der Waals surface area contributed by atoms with Gasteiger partial charge >= 0.3 is 0 Å². The minimum Gasteiger partial charge on any atom is -0.326 e. The SMILES string of the molecule is CC1CC(=O)N(Cc2cccc(CN)c2F)C(=O)C1. The lowest BCUT2D eigenvalue weighted by Gasteiger charge is -2.28. The van der Waals surface area contributed by atoms with Crippen molar-refractivity contribution in [2.75, 3.05) is 0 Å². The fourth-order valence-corrected chi connectivity index (χ4v) is 2.29. The Morgan fingerprint density at radius 3 is 2.42 bits per heavy atom. The lowest BCUT2D eigenvalue weighted by Crippen LogP contribution is -2.42. The molecule has 1 fully saturated rings. The molecule has 0 aliphatic carbocycles. The molecule has 2 N–H and O–H groups in total. The summed E-state index contributed by atoms with van der Waals surface area (Å²) >= 11 is 0. The average molecular weight is 264 g/mol. The van der Waals surface area contributed by atoms with Crippen LogP contribution in [-0.2, 0) is 22.7 Å². The number of nitrogens with two attached hydrogens (primary N) is 1. The van der Waals surface area contributed by atoms with E-state index in [9.17, 15) is 14.0 Å². The number of halogens is 1. The fraction of sp³-hybridized carbons (Fsp3) is 0.429. The summed E-state index contributed by atoms with van der Waals surface area (Å²) in [6, 6.07) is 4.86. The van der Waals surface area contributed by atoms with E-state index in [0.29, 0.717) is 24.0 Å². The molecule has 0 aromatic heterocycles. The molecule has 1 heterocycles. The second kappa shape index (κ2) is 5.48. The first-order chi connectivity index (χ1) is 9.02. The Hall–Kier alpha value is -1.75. The standard InChI is InChI=1S/C14H17FN2O2/c1-9-5-12(18)17(13(19)6-9)8-11-4-2-3-10(7-16)14(11)15/h2-4,9H,5-8,16H2,1H3. The van der Waals surface area contributed by atoms with E-state index in [1.807, 2.05) is 6.92 Å². The van der Waals surface area contributed by atoms with E-state index in [4.69, 9.17) is 5.73 Å². The van der Waals surface area contributed by atoms with Crippen LogP contribution in [0, 0.1) is 11.7 Å². The summed E-state index contributed by atoms with van der Waals surface area (Å²) in [6.45, 7) is 1.95. The van der Waals surface area contributed by atoms with Crippen molar-refractivity contribution in [3.8, 4) is 0 Å². The molecule has 1 saturated heterocycles. The number of piperidine rings is 1. The molecule has 2 rings (SSSR count). The van der Waals surface area contributed by atoms with Crippen LogP contribution >= 0.6 is 0 Å². The maximum atomic E-state index is 14.0. The van der Waals surface area contributed by atoms with Crippen LogP contribution in [0.5, 0.6) is 0 Å². The average Bonchev–Trinajstić information content (AvgIpc) is 2.35. The number of carbonyl (C=O) groups is 2. The van der Waals surface area contributed by atoms with Gasteiger partial charge in [0.1, 0.15) is 5.82 Å². The Kier molecular flexibility index (Phi) is 3.95. The monoisotopic (exact) mass is 264 g/mol. The summed E-state index contributed by atoms with van der Waals surface area (Å²) in [5.41, 5.74) is 6.16. The fourth-order valence-electron chi connectivity index (χ4n) is 2.29. The van der Waals surface area contributed by atoms with Gasteiger partial charge in [-0.15, -0.1) is 0 Å². The minimum atomic E-state index is -0.427. The predicted molar refractivity (Wildman–Crippen MR) is 68.2 cm³/mol. The van der Waals surface area contributed by atoms with Crippen molar-refractivity contribution in [2.24, 2.45) is 11.7 Å². The summed E-state index contributed by atoms with van der Waals surface area (Å²) in [4.78, 5) is 24.8. The number of nitrogens with zero attached hydrogens (tertiary/aromatic N) is 1. The van der Waals surface area contributed by atoms with E-state index in [0.717, 1.165) is 4.90 Å². The highest BCUT2D eigenvalue weighted by Crippen LogP contribution is 2.22. The van der Waals surface area contributed by atoms with Crippen LogP contribution in [0.1, 0.15) is 30.9 Å². The molecule has 19 heavy (non-hydrogen) atoms. The van der Waals surface area contributed by atoms with Crippen LogP contribution in [-0.4, -0.2) is 16.7 Å². The van der Waals surface area contributed by atoms with E-state index in [1.165, 1.54) is 0 Å². The third-order valence-corrected chi connectivity index (χ3v) is 3.36. The number of likely N-dealkylation sites (tertiary alicyclic amines) is 1. The van der Waals surface area contributed by atoms with Gasteiger partial charge in [-0.3, -0.25) is 14.5 Å². The molecular weight excluding hydrogens is 247 g/mol. The smallest absolute Gasteiger partial charge is 0.229 e. The number of rotatable bonds is 3. The second-order valence-corrected chi connectivity index (χ2v) is 4.98. The van der Waals surface area contributed by atoms with Gasteiger partial charge in [-0.05, 0) is 5.92 Å². The van der Waals surface area contributed by atoms with Gasteiger partial charge in [-0.1, -0.05) is 25.1 Å². The van der Waals surface area contributed by atoms with E-state index >= 15 is 0 Å². The normalized spacial score (nSPS) is 17.1. The van der Waals surface area contributed by atoms with Gasteiger partial charge in [0.25, 0.3) is 0 Å². The van der Waals surface area contributed by atoms with Crippen molar-refractivity contribution in [3.63, 3.8) is 0 Å². The van der Waals surface area contributed by atoms with E-state index in [-0.39, 0.29) is 30.8 Å². The number of amides is 2. The zero-order chi connectivity index (χ0) is 14.0. The predicted octanol–water partition coefficient (Wildman–Crippen LogP) is 1.57. The minimum absolute atomic E-state index is 0.00986. The molecular formula is C14H17FN2O2. The Morgan fingerprint density at radius 2 is 1.84 bits per heavy atom. The molecule has 5 heteroatoms. The van der Waals surface area contributed by atoms with Crippen molar-refractivity contribution >= 4 is 11.8 Å². The van der Waals surface area contributed by atoms with Gasteiger partial charge in [-0.25, -0.2) is 4.39 Å². The van der Waals surface area contributed by atoms with Crippen LogP contribution in [0.4, 0.5) is 4.39 Å². The summed E-state index contributed by atoms with van der Waals surface area (Å²) in [5.74, 6) is -0.830. The maximum absolute atomic E-state index is 14.0. The highest BCUT2D eigenvalue weighted by molar-refractivity contribution is 5.97. The van der Waals surface area contributed by atoms with E-state index in [2.05, 4.69) is 0 Å². The number of carbonyl (C=O) groups excluding carboxylic acids is 2. The molecule has 4 nitrogen and oxygen atoms in total. The number of hydrogen-bond acceptors (Lipinski definition) is 3. The first-order valence-electron chi connectivity index (χ1n) is 6.32. The Balaban J connectivity index is 2.21. The summed E-state index contributed by atoms with van der Waals surface area (Å²) < 4.78 is 14.0. The molecule has 1 aromatic carbocycles. The van der Waals surface area contributed by atoms with Crippen LogP contribution < -0.4 is 5.73 Å². The van der Waals surface area contributed by atoms with Crippen molar-refractivity contribution in [2.45, 2.75) is 32.9 Å². The van der Waals surface area contributed by atoms with Crippen molar-refractivity contribution in [1.29, 1.82) is 0 Å². The number of benzene rings is 1. The van der Waals surface area contributed by atoms with Gasteiger partial charge < -0.3 is 5.73 Å². The third kappa shape index (κ3) is 2.81. The Morgan fingerprint density at radius 1 is 1.26 bits per heavy atom. The highest BCUT2D eigenvalue weighted by Gasteiger charge is 2.30. The van der Waals surface area contributed by atoms with Crippen LogP contribution in [0.3, 0.4) is 0 Å². The van der Waals surface area contributed by atoms with Gasteiger partial charge in [0.15, 0.2) is 0 Å². The Bertz CT molecular complexity index is 498. The van der Waals surface area contributed by atoms with E-state index in [1.54, 1.807) is 18.2 Å². The topological polar surface area (TPSA) is 63.4 Å². The largest absolute Gasteiger partial charge is 0.326 e. The quantitative estimate of drug-likeness (QED) is 0.843. The molecule has 0 unspecified atom stereocenters. The summed E-state index contributed by atoms with van der Waals surface area (Å²) in [5, 5.41) is 0. The molecule has 1 aliphatic rings. The molecule has 0 spiro atoms. The van der Waals surface area contributed by atoms with Gasteiger partial charge in [0, 0.05) is 30.5 Å². The number of imide groups is 1. The van der Waals surface area contributed by atoms with Gasteiger partial charge in [0.2, 0.25) is 11.8 Å². The molecule has 102 valence electrons. The van der Waals surface area contributed by atoms with E-state index < -0.39 is 5.82 Å². The Labute approximate surface area is 111 Å². The van der Waals surface area contributed by atoms with Crippen LogP contribution in [0.2, 0.25) is 0 Å². The van der Waals surface area contributed by atoms with Gasteiger partial charge in [-0.2, -0.15) is 0 Å². The second-order valence-electron chi connectivity index (χ2n) is 4.98.